The second kappa shape index (κ2) is 5.87. The maximum atomic E-state index is 10.7. The van der Waals surface area contributed by atoms with Crippen LogP contribution in [0.15, 0.2) is 11.3 Å². The molecule has 0 heterocycles. The molecule has 0 aromatic heterocycles. The van der Waals surface area contributed by atoms with Gasteiger partial charge in [0.05, 0.1) is 0 Å². The van der Waals surface area contributed by atoms with Crippen LogP contribution in [0.3, 0.4) is 0 Å². The quantitative estimate of drug-likeness (QED) is 0.549. The van der Waals surface area contributed by atoms with E-state index in [1.165, 1.54) is 0 Å². The molecule has 1 saturated carbocycles. The normalized spacial score (nSPS) is 24.6. The molecule has 6 heteroatoms. The van der Waals surface area contributed by atoms with Crippen LogP contribution in [-0.4, -0.2) is 41.8 Å². The number of hydrogen-bond acceptors (Lipinski definition) is 4. The number of rotatable bonds is 4. The van der Waals surface area contributed by atoms with Gasteiger partial charge in [-0.25, -0.2) is 4.79 Å². The highest BCUT2D eigenvalue weighted by Gasteiger charge is 2.40. The van der Waals surface area contributed by atoms with Crippen molar-refractivity contribution in [2.45, 2.75) is 70.4 Å². The minimum Gasteiger partial charge on any atom is -0.509 e. The standard InChI is InChI=1S/C14H26O5Si/c1-14(2,3)20(4,5)19-10-7-6-9(8-10)11(15)12(16)13(17)18/h10,12,15-16H,6-8H2,1-5H3,(H,17,18). The highest BCUT2D eigenvalue weighted by atomic mass is 28.4. The topological polar surface area (TPSA) is 87.0 Å². The first kappa shape index (κ1) is 17.2. The molecule has 0 saturated heterocycles. The molecule has 3 N–H and O–H groups in total. The molecule has 1 aliphatic rings. The molecular weight excluding hydrogens is 276 g/mol. The summed E-state index contributed by atoms with van der Waals surface area (Å²) in [6.45, 7) is 10.8. The second-order valence-corrected chi connectivity index (χ2v) is 11.7. The Morgan fingerprint density at radius 2 is 1.90 bits per heavy atom. The zero-order valence-electron chi connectivity index (χ0n) is 12.9. The van der Waals surface area contributed by atoms with Crippen molar-refractivity contribution >= 4 is 14.3 Å². The Hall–Kier alpha value is -0.853. The van der Waals surface area contributed by atoms with E-state index in [-0.39, 0.29) is 11.1 Å². The second-order valence-electron chi connectivity index (χ2n) is 6.97. The first-order valence-electron chi connectivity index (χ1n) is 6.95. The summed E-state index contributed by atoms with van der Waals surface area (Å²) in [5.41, 5.74) is 0.601. The van der Waals surface area contributed by atoms with Gasteiger partial charge in [-0.2, -0.15) is 0 Å². The predicted molar refractivity (Wildman–Crippen MR) is 79.2 cm³/mol. The van der Waals surface area contributed by atoms with Gasteiger partial charge in [-0.3, -0.25) is 0 Å². The molecule has 1 fully saturated rings. The summed E-state index contributed by atoms with van der Waals surface area (Å²) in [6, 6.07) is 0. The molecule has 2 unspecified atom stereocenters. The lowest BCUT2D eigenvalue weighted by molar-refractivity contribution is -0.146. The van der Waals surface area contributed by atoms with E-state index in [1.807, 2.05) is 0 Å². The molecule has 0 aromatic carbocycles. The monoisotopic (exact) mass is 302 g/mol. The van der Waals surface area contributed by atoms with E-state index in [4.69, 9.17) is 9.53 Å². The number of aliphatic hydroxyl groups excluding tert-OH is 2. The summed E-state index contributed by atoms with van der Waals surface area (Å²) in [5, 5.41) is 27.9. The third-order valence-electron chi connectivity index (χ3n) is 4.36. The van der Waals surface area contributed by atoms with Crippen molar-refractivity contribution in [3.8, 4) is 0 Å². The molecule has 5 nitrogen and oxygen atoms in total. The molecule has 2 atom stereocenters. The van der Waals surface area contributed by atoms with Crippen LogP contribution in [0.5, 0.6) is 0 Å². The fourth-order valence-electron chi connectivity index (χ4n) is 2.05. The van der Waals surface area contributed by atoms with Gasteiger partial charge < -0.3 is 19.7 Å². The molecule has 1 aliphatic carbocycles. The van der Waals surface area contributed by atoms with E-state index in [0.717, 1.165) is 6.42 Å². The lowest BCUT2D eigenvalue weighted by Crippen LogP contribution is -2.43. The van der Waals surface area contributed by atoms with E-state index in [9.17, 15) is 15.0 Å². The SMILES string of the molecule is CC(C)(C)[Si](C)(C)OC1CCC(=C(O)C(O)C(=O)O)C1. The number of carboxylic acid groups (broad SMARTS) is 1. The zero-order chi connectivity index (χ0) is 15.7. The van der Waals surface area contributed by atoms with Gasteiger partial charge in [0, 0.05) is 6.10 Å². The summed E-state index contributed by atoms with van der Waals surface area (Å²) in [7, 11) is -1.87. The maximum Gasteiger partial charge on any atom is 0.340 e. The Morgan fingerprint density at radius 1 is 1.35 bits per heavy atom. The van der Waals surface area contributed by atoms with Crippen LogP contribution >= 0.6 is 0 Å². The smallest absolute Gasteiger partial charge is 0.340 e. The van der Waals surface area contributed by atoms with Crippen LogP contribution in [0.1, 0.15) is 40.0 Å². The van der Waals surface area contributed by atoms with Gasteiger partial charge in [0.2, 0.25) is 6.10 Å². The van der Waals surface area contributed by atoms with E-state index in [1.54, 1.807) is 0 Å². The van der Waals surface area contributed by atoms with Crippen LogP contribution in [0.25, 0.3) is 0 Å². The Balaban J connectivity index is 2.74. The molecule has 1 rings (SSSR count). The van der Waals surface area contributed by atoms with Crippen molar-refractivity contribution in [3.05, 3.63) is 11.3 Å². The summed E-state index contributed by atoms with van der Waals surface area (Å²) in [6.07, 6.45) is 0.0294. The first-order chi connectivity index (χ1) is 8.95. The number of aliphatic carboxylic acids is 1. The third-order valence-corrected chi connectivity index (χ3v) is 8.90. The fourth-order valence-corrected chi connectivity index (χ4v) is 3.44. The average molecular weight is 302 g/mol. The molecule has 0 bridgehead atoms. The summed E-state index contributed by atoms with van der Waals surface area (Å²) in [4.78, 5) is 10.7. The van der Waals surface area contributed by atoms with Crippen molar-refractivity contribution in [2.24, 2.45) is 0 Å². The maximum absolute atomic E-state index is 10.7. The lowest BCUT2D eigenvalue weighted by Gasteiger charge is -2.38. The number of aliphatic hydroxyl groups is 2. The Morgan fingerprint density at radius 3 is 2.35 bits per heavy atom. The number of hydrogen-bond donors (Lipinski definition) is 3. The summed E-state index contributed by atoms with van der Waals surface area (Å²) < 4.78 is 6.25. The predicted octanol–water partition coefficient (Wildman–Crippen LogP) is 2.82. The summed E-state index contributed by atoms with van der Waals surface area (Å²) >= 11 is 0. The first-order valence-corrected chi connectivity index (χ1v) is 9.86. The van der Waals surface area contributed by atoms with Crippen molar-refractivity contribution < 1.29 is 24.5 Å². The molecular formula is C14H26O5Si. The van der Waals surface area contributed by atoms with Crippen LogP contribution in [0.4, 0.5) is 0 Å². The van der Waals surface area contributed by atoms with Crippen molar-refractivity contribution in [1.29, 1.82) is 0 Å². The van der Waals surface area contributed by atoms with Crippen molar-refractivity contribution in [2.75, 3.05) is 0 Å². The van der Waals surface area contributed by atoms with Crippen molar-refractivity contribution in [3.63, 3.8) is 0 Å². The minimum atomic E-state index is -1.87. The lowest BCUT2D eigenvalue weighted by atomic mass is 10.1. The Bertz CT molecular complexity index is 408. The molecule has 0 radical (unpaired) electrons. The Kier molecular flexibility index (Phi) is 5.05. The highest BCUT2D eigenvalue weighted by molar-refractivity contribution is 6.74. The van der Waals surface area contributed by atoms with Crippen LogP contribution in [0.2, 0.25) is 18.1 Å². The van der Waals surface area contributed by atoms with E-state index in [0.29, 0.717) is 18.4 Å². The van der Waals surface area contributed by atoms with Crippen LogP contribution in [0, 0.1) is 0 Å². The number of carboxylic acids is 1. The highest BCUT2D eigenvalue weighted by Crippen LogP contribution is 2.40. The van der Waals surface area contributed by atoms with Crippen molar-refractivity contribution in [1.82, 2.24) is 0 Å². The van der Waals surface area contributed by atoms with Gasteiger partial charge in [-0.1, -0.05) is 20.8 Å². The van der Waals surface area contributed by atoms with E-state index in [2.05, 4.69) is 33.9 Å². The van der Waals surface area contributed by atoms with E-state index >= 15 is 0 Å². The van der Waals surface area contributed by atoms with Gasteiger partial charge in [-0.05, 0) is 43.0 Å². The molecule has 116 valence electrons. The third kappa shape index (κ3) is 3.83. The fraction of sp³-hybridized carbons (Fsp3) is 0.786. The van der Waals surface area contributed by atoms with E-state index < -0.39 is 26.1 Å². The molecule has 0 spiro atoms. The largest absolute Gasteiger partial charge is 0.509 e. The molecule has 0 aliphatic heterocycles. The zero-order valence-corrected chi connectivity index (χ0v) is 13.9. The molecule has 0 aromatic rings. The van der Waals surface area contributed by atoms with Gasteiger partial charge in [0.1, 0.15) is 5.76 Å². The van der Waals surface area contributed by atoms with Gasteiger partial charge >= 0.3 is 5.97 Å². The van der Waals surface area contributed by atoms with Gasteiger partial charge in [-0.15, -0.1) is 0 Å². The van der Waals surface area contributed by atoms with Crippen LogP contribution in [-0.2, 0) is 9.22 Å². The van der Waals surface area contributed by atoms with Gasteiger partial charge in [0.15, 0.2) is 8.32 Å². The number of carbonyl (C=O) groups is 1. The average Bonchev–Trinajstić information content (AvgIpc) is 2.73. The van der Waals surface area contributed by atoms with Crippen LogP contribution < -0.4 is 0 Å². The van der Waals surface area contributed by atoms with Gasteiger partial charge in [0.25, 0.3) is 0 Å². The minimum absolute atomic E-state index is 0.00837. The Labute approximate surface area is 121 Å². The molecule has 20 heavy (non-hydrogen) atoms. The summed E-state index contributed by atoms with van der Waals surface area (Å²) in [5.74, 6) is -1.84. The molecule has 0 amide bonds.